The van der Waals surface area contributed by atoms with Crippen LogP contribution in [0.2, 0.25) is 0 Å². The van der Waals surface area contributed by atoms with Crippen molar-refractivity contribution in [2.45, 2.75) is 16.7 Å². The topological polar surface area (TPSA) is 137 Å². The highest BCUT2D eigenvalue weighted by molar-refractivity contribution is 7.99. The Kier molecular flexibility index (Phi) is 4.14. The van der Waals surface area contributed by atoms with E-state index in [4.69, 9.17) is 5.11 Å². The molecule has 0 spiro atoms. The lowest BCUT2D eigenvalue weighted by atomic mass is 10.3. The van der Waals surface area contributed by atoms with E-state index in [0.29, 0.717) is 11.0 Å². The summed E-state index contributed by atoms with van der Waals surface area (Å²) in [5.41, 5.74) is -0.747. The fourth-order valence-corrected chi connectivity index (χ4v) is 2.41. The van der Waals surface area contributed by atoms with Crippen LogP contribution in [0.3, 0.4) is 0 Å². The fourth-order valence-electron chi connectivity index (χ4n) is 1.52. The van der Waals surface area contributed by atoms with Crippen molar-refractivity contribution >= 4 is 23.1 Å². The highest BCUT2D eigenvalue weighted by atomic mass is 32.2. The number of hydrogen-bond donors (Lipinski definition) is 1. The number of benzene rings is 1. The van der Waals surface area contributed by atoms with Crippen molar-refractivity contribution in [1.82, 2.24) is 14.8 Å². The molecule has 0 amide bonds. The van der Waals surface area contributed by atoms with Gasteiger partial charge in [-0.15, -0.1) is 10.2 Å². The third-order valence-electron chi connectivity index (χ3n) is 2.62. The fraction of sp³-hybridized carbons (Fsp3) is 0.200. The zero-order valence-electron chi connectivity index (χ0n) is 10.7. The molecule has 2 aromatic rings. The van der Waals surface area contributed by atoms with Gasteiger partial charge in [0.25, 0.3) is 11.4 Å². The quantitative estimate of drug-likeness (QED) is 0.643. The first-order valence-electron chi connectivity index (χ1n) is 5.54. The van der Waals surface area contributed by atoms with Gasteiger partial charge in [0.05, 0.1) is 20.8 Å². The zero-order chi connectivity index (χ0) is 15.6. The number of nitrogens with zero attached hydrogens (tertiary/aromatic N) is 5. The van der Waals surface area contributed by atoms with Crippen molar-refractivity contribution in [1.29, 1.82) is 0 Å². The summed E-state index contributed by atoms with van der Waals surface area (Å²) in [6.07, 6.45) is 0. The average Bonchev–Trinajstić information content (AvgIpc) is 2.79. The lowest BCUT2D eigenvalue weighted by molar-refractivity contribution is -0.396. The van der Waals surface area contributed by atoms with Crippen LogP contribution in [0.1, 0.15) is 5.82 Å². The lowest BCUT2D eigenvalue weighted by Crippen LogP contribution is -1.99. The normalized spacial score (nSPS) is 10.6. The van der Waals surface area contributed by atoms with E-state index in [0.717, 1.165) is 17.8 Å². The summed E-state index contributed by atoms with van der Waals surface area (Å²) in [6, 6.07) is 3.36. The van der Waals surface area contributed by atoms with Crippen LogP contribution in [0.25, 0.3) is 0 Å². The first kappa shape index (κ1) is 14.9. The second kappa shape index (κ2) is 5.85. The molecule has 1 N–H and O–H groups in total. The highest BCUT2D eigenvalue weighted by Crippen LogP contribution is 2.36. The molecule has 1 heterocycles. The van der Waals surface area contributed by atoms with Gasteiger partial charge in [0.2, 0.25) is 0 Å². The highest BCUT2D eigenvalue weighted by Gasteiger charge is 2.22. The summed E-state index contributed by atoms with van der Waals surface area (Å²) < 4.78 is 1.48. The lowest BCUT2D eigenvalue weighted by Gasteiger charge is -2.03. The van der Waals surface area contributed by atoms with Gasteiger partial charge in [-0.2, -0.15) is 0 Å². The molecule has 0 bridgehead atoms. The van der Waals surface area contributed by atoms with Gasteiger partial charge in [-0.1, -0.05) is 0 Å². The van der Waals surface area contributed by atoms with Gasteiger partial charge in [0, 0.05) is 13.1 Å². The van der Waals surface area contributed by atoms with E-state index in [1.54, 1.807) is 7.05 Å². The maximum absolute atomic E-state index is 11.0. The molecule has 0 aliphatic heterocycles. The first-order chi connectivity index (χ1) is 9.93. The van der Waals surface area contributed by atoms with E-state index < -0.39 is 9.85 Å². The van der Waals surface area contributed by atoms with E-state index in [9.17, 15) is 20.2 Å². The maximum Gasteiger partial charge on any atom is 0.290 e. The molecule has 0 saturated heterocycles. The smallest absolute Gasteiger partial charge is 0.290 e. The molecular weight excluding hydrogens is 302 g/mol. The van der Waals surface area contributed by atoms with Crippen LogP contribution in [0.15, 0.2) is 28.3 Å². The molecule has 11 heteroatoms. The van der Waals surface area contributed by atoms with Crippen LogP contribution in [0, 0.1) is 20.2 Å². The Morgan fingerprint density at radius 3 is 2.52 bits per heavy atom. The largest absolute Gasteiger partial charge is 0.388 e. The molecule has 0 saturated carbocycles. The Balaban J connectivity index is 2.41. The summed E-state index contributed by atoms with van der Waals surface area (Å²) in [4.78, 5) is 20.5. The third kappa shape index (κ3) is 2.98. The van der Waals surface area contributed by atoms with E-state index >= 15 is 0 Å². The molecular formula is C10H9N5O5S. The molecule has 0 fully saturated rings. The molecule has 10 nitrogen and oxygen atoms in total. The third-order valence-corrected chi connectivity index (χ3v) is 3.72. The Morgan fingerprint density at radius 2 is 2.00 bits per heavy atom. The molecule has 1 aromatic carbocycles. The van der Waals surface area contributed by atoms with Gasteiger partial charge >= 0.3 is 0 Å². The van der Waals surface area contributed by atoms with E-state index in [1.807, 2.05) is 0 Å². The van der Waals surface area contributed by atoms with Gasteiger partial charge in [-0.3, -0.25) is 20.2 Å². The minimum Gasteiger partial charge on any atom is -0.388 e. The standard InChI is InChI=1S/C10H9N5O5S/c1-13-9(5-16)11-12-10(13)21-8-3-2-6(14(17)18)4-7(8)15(19)20/h2-4,16H,5H2,1H3. The predicted octanol–water partition coefficient (Wildman–Crippen LogP) is 1.27. The van der Waals surface area contributed by atoms with Crippen molar-refractivity contribution < 1.29 is 15.0 Å². The van der Waals surface area contributed by atoms with E-state index in [1.165, 1.54) is 16.7 Å². The van der Waals surface area contributed by atoms with Crippen LogP contribution in [-0.2, 0) is 13.7 Å². The maximum atomic E-state index is 11.0. The number of non-ortho nitro benzene ring substituents is 1. The number of hydrogen-bond acceptors (Lipinski definition) is 8. The molecule has 0 unspecified atom stereocenters. The minimum absolute atomic E-state index is 0.200. The van der Waals surface area contributed by atoms with Crippen LogP contribution < -0.4 is 0 Å². The first-order valence-corrected chi connectivity index (χ1v) is 6.35. The van der Waals surface area contributed by atoms with Crippen molar-refractivity contribution in [2.75, 3.05) is 0 Å². The molecule has 110 valence electrons. The van der Waals surface area contributed by atoms with Crippen molar-refractivity contribution in [3.05, 3.63) is 44.3 Å². The van der Waals surface area contributed by atoms with Crippen LogP contribution in [0.4, 0.5) is 11.4 Å². The second-order valence-electron chi connectivity index (χ2n) is 3.88. The molecule has 21 heavy (non-hydrogen) atoms. The summed E-state index contributed by atoms with van der Waals surface area (Å²) in [5.74, 6) is 0.307. The van der Waals surface area contributed by atoms with Gasteiger partial charge in [-0.25, -0.2) is 0 Å². The summed E-state index contributed by atoms with van der Waals surface area (Å²) in [5, 5.41) is 38.5. The van der Waals surface area contributed by atoms with Crippen molar-refractivity contribution in [3.8, 4) is 0 Å². The minimum atomic E-state index is -0.701. The number of rotatable bonds is 5. The van der Waals surface area contributed by atoms with Gasteiger partial charge in [0.15, 0.2) is 11.0 Å². The zero-order valence-corrected chi connectivity index (χ0v) is 11.5. The van der Waals surface area contributed by atoms with Crippen LogP contribution >= 0.6 is 11.8 Å². The summed E-state index contributed by atoms with van der Waals surface area (Å²) in [6.45, 7) is -0.313. The Labute approximate surface area is 121 Å². The number of aliphatic hydroxyl groups excluding tert-OH is 1. The van der Waals surface area contributed by atoms with E-state index in [2.05, 4.69) is 10.2 Å². The van der Waals surface area contributed by atoms with Crippen molar-refractivity contribution in [2.24, 2.45) is 7.05 Å². The average molecular weight is 311 g/mol. The summed E-state index contributed by atoms with van der Waals surface area (Å²) in [7, 11) is 1.60. The molecule has 0 aliphatic rings. The Hall–Kier alpha value is -2.53. The van der Waals surface area contributed by atoms with E-state index in [-0.39, 0.29) is 22.9 Å². The SMILES string of the molecule is Cn1c(CO)nnc1Sc1ccc([N+](=O)[O-])cc1[N+](=O)[O-]. The second-order valence-corrected chi connectivity index (χ2v) is 4.89. The van der Waals surface area contributed by atoms with Gasteiger partial charge in [0.1, 0.15) is 6.61 Å². The number of nitro groups is 2. The Bertz CT molecular complexity index is 716. The van der Waals surface area contributed by atoms with Gasteiger partial charge < -0.3 is 9.67 Å². The van der Waals surface area contributed by atoms with Crippen LogP contribution in [0.5, 0.6) is 0 Å². The predicted molar refractivity (Wildman–Crippen MR) is 70.8 cm³/mol. The molecule has 0 radical (unpaired) electrons. The number of aromatic nitrogens is 3. The number of nitro benzene ring substituents is 2. The molecule has 2 rings (SSSR count). The van der Waals surface area contributed by atoms with Crippen LogP contribution in [-0.4, -0.2) is 29.7 Å². The van der Waals surface area contributed by atoms with Crippen molar-refractivity contribution in [3.63, 3.8) is 0 Å². The van der Waals surface area contributed by atoms with Gasteiger partial charge in [-0.05, 0) is 17.8 Å². The summed E-state index contributed by atoms with van der Waals surface area (Å²) >= 11 is 0.940. The molecule has 0 aliphatic carbocycles. The molecule has 0 atom stereocenters. The number of aliphatic hydroxyl groups is 1. The monoisotopic (exact) mass is 311 g/mol. The molecule has 1 aromatic heterocycles. The Morgan fingerprint density at radius 1 is 1.29 bits per heavy atom.